The van der Waals surface area contributed by atoms with Crippen molar-refractivity contribution in [2.45, 2.75) is 11.8 Å². The second-order valence-electron chi connectivity index (χ2n) is 4.06. The Morgan fingerprint density at radius 3 is 2.39 bits per heavy atom. The van der Waals surface area contributed by atoms with Gasteiger partial charge in [0.15, 0.2) is 0 Å². The van der Waals surface area contributed by atoms with E-state index in [1.54, 1.807) is 6.07 Å². The van der Waals surface area contributed by atoms with E-state index in [4.69, 9.17) is 4.74 Å². The Balaban J connectivity index is 2.60. The predicted molar refractivity (Wildman–Crippen MR) is 75.2 cm³/mol. The maximum absolute atomic E-state index is 11.8. The van der Waals surface area contributed by atoms with E-state index in [1.807, 2.05) is 43.3 Å². The molecule has 0 atom stereocenters. The fourth-order valence-electron chi connectivity index (χ4n) is 1.83. The zero-order valence-electron chi connectivity index (χ0n) is 10.3. The maximum Gasteiger partial charge on any atom is 0.339 e. The highest BCUT2D eigenvalue weighted by Gasteiger charge is 2.16. The first-order valence-electron chi connectivity index (χ1n) is 5.61. The Kier molecular flexibility index (Phi) is 3.72. The first kappa shape index (κ1) is 12.7. The van der Waals surface area contributed by atoms with E-state index in [2.05, 4.69) is 12.6 Å². The molecule has 0 aromatic heterocycles. The molecule has 0 aliphatic rings. The molecule has 2 rings (SSSR count). The van der Waals surface area contributed by atoms with Crippen LogP contribution in [0.25, 0.3) is 11.1 Å². The second kappa shape index (κ2) is 5.27. The van der Waals surface area contributed by atoms with E-state index in [1.165, 1.54) is 12.7 Å². The van der Waals surface area contributed by atoms with Crippen molar-refractivity contribution >= 4 is 18.6 Å². The Labute approximate surface area is 112 Å². The van der Waals surface area contributed by atoms with E-state index in [0.29, 0.717) is 10.5 Å². The summed E-state index contributed by atoms with van der Waals surface area (Å²) in [6.07, 6.45) is 0. The number of hydrogen-bond donors (Lipinski definition) is 1. The molecule has 0 spiro atoms. The SMILES string of the molecule is COC(=O)c1c(S)cccc1-c1ccc(C)cc1. The summed E-state index contributed by atoms with van der Waals surface area (Å²) >= 11 is 4.33. The molecule has 0 aliphatic carbocycles. The van der Waals surface area contributed by atoms with E-state index in [0.717, 1.165) is 11.1 Å². The van der Waals surface area contributed by atoms with E-state index in [-0.39, 0.29) is 5.97 Å². The van der Waals surface area contributed by atoms with Gasteiger partial charge in [-0.15, -0.1) is 12.6 Å². The van der Waals surface area contributed by atoms with Crippen LogP contribution in [0.3, 0.4) is 0 Å². The van der Waals surface area contributed by atoms with E-state index in [9.17, 15) is 4.79 Å². The smallest absolute Gasteiger partial charge is 0.339 e. The molecule has 2 nitrogen and oxygen atoms in total. The standard InChI is InChI=1S/C15H14O2S/c1-10-6-8-11(9-7-10)12-4-3-5-13(18)14(12)15(16)17-2/h3-9,18H,1-2H3. The molecule has 2 aromatic rings. The Morgan fingerprint density at radius 1 is 1.11 bits per heavy atom. The van der Waals surface area contributed by atoms with Gasteiger partial charge in [-0.1, -0.05) is 42.0 Å². The number of aryl methyl sites for hydroxylation is 1. The van der Waals surface area contributed by atoms with Gasteiger partial charge in [-0.05, 0) is 24.1 Å². The Morgan fingerprint density at radius 2 is 1.78 bits per heavy atom. The Bertz CT molecular complexity index is 574. The maximum atomic E-state index is 11.8. The van der Waals surface area contributed by atoms with Crippen LogP contribution < -0.4 is 0 Å². The largest absolute Gasteiger partial charge is 0.465 e. The summed E-state index contributed by atoms with van der Waals surface area (Å²) in [6, 6.07) is 13.6. The molecule has 0 heterocycles. The van der Waals surface area contributed by atoms with Crippen LogP contribution in [0.2, 0.25) is 0 Å². The van der Waals surface area contributed by atoms with Gasteiger partial charge in [-0.25, -0.2) is 4.79 Å². The third-order valence-corrected chi connectivity index (χ3v) is 3.17. The average Bonchev–Trinajstić information content (AvgIpc) is 2.38. The lowest BCUT2D eigenvalue weighted by Gasteiger charge is -2.10. The highest BCUT2D eigenvalue weighted by Crippen LogP contribution is 2.29. The number of ether oxygens (including phenoxy) is 1. The predicted octanol–water partition coefficient (Wildman–Crippen LogP) is 3.74. The summed E-state index contributed by atoms with van der Waals surface area (Å²) in [5.74, 6) is -0.365. The summed E-state index contributed by atoms with van der Waals surface area (Å²) in [5, 5.41) is 0. The molecule has 92 valence electrons. The van der Waals surface area contributed by atoms with Crippen molar-refractivity contribution in [1.82, 2.24) is 0 Å². The van der Waals surface area contributed by atoms with Gasteiger partial charge in [0.1, 0.15) is 0 Å². The summed E-state index contributed by atoms with van der Waals surface area (Å²) in [7, 11) is 1.38. The molecule has 0 N–H and O–H groups in total. The molecular formula is C15H14O2S. The molecule has 0 amide bonds. The molecule has 2 aromatic carbocycles. The fourth-order valence-corrected chi connectivity index (χ4v) is 2.13. The minimum atomic E-state index is -0.365. The first-order chi connectivity index (χ1) is 8.63. The molecule has 0 saturated carbocycles. The quantitative estimate of drug-likeness (QED) is 0.656. The number of methoxy groups -OCH3 is 1. The molecule has 0 aliphatic heterocycles. The van der Waals surface area contributed by atoms with Crippen molar-refractivity contribution < 1.29 is 9.53 Å². The van der Waals surface area contributed by atoms with Gasteiger partial charge in [-0.2, -0.15) is 0 Å². The molecule has 18 heavy (non-hydrogen) atoms. The second-order valence-corrected chi connectivity index (χ2v) is 4.54. The molecular weight excluding hydrogens is 244 g/mol. The van der Waals surface area contributed by atoms with Gasteiger partial charge in [0.25, 0.3) is 0 Å². The van der Waals surface area contributed by atoms with Crippen LogP contribution in [0.1, 0.15) is 15.9 Å². The lowest BCUT2D eigenvalue weighted by molar-refractivity contribution is 0.0598. The van der Waals surface area contributed by atoms with E-state index >= 15 is 0 Å². The summed E-state index contributed by atoms with van der Waals surface area (Å²) in [6.45, 7) is 2.03. The van der Waals surface area contributed by atoms with Crippen LogP contribution in [0.5, 0.6) is 0 Å². The van der Waals surface area contributed by atoms with Crippen LogP contribution in [0.15, 0.2) is 47.4 Å². The van der Waals surface area contributed by atoms with Crippen molar-refractivity contribution in [3.05, 3.63) is 53.6 Å². The van der Waals surface area contributed by atoms with Gasteiger partial charge in [-0.3, -0.25) is 0 Å². The third kappa shape index (κ3) is 2.41. The monoisotopic (exact) mass is 258 g/mol. The van der Waals surface area contributed by atoms with Crippen LogP contribution in [0.4, 0.5) is 0 Å². The van der Waals surface area contributed by atoms with Gasteiger partial charge >= 0.3 is 5.97 Å². The normalized spacial score (nSPS) is 10.2. The number of benzene rings is 2. The number of thiol groups is 1. The number of esters is 1. The van der Waals surface area contributed by atoms with Crippen LogP contribution in [-0.4, -0.2) is 13.1 Å². The average molecular weight is 258 g/mol. The molecule has 0 saturated heterocycles. The van der Waals surface area contributed by atoms with Crippen molar-refractivity contribution in [2.75, 3.05) is 7.11 Å². The topological polar surface area (TPSA) is 26.3 Å². The minimum Gasteiger partial charge on any atom is -0.465 e. The minimum absolute atomic E-state index is 0.365. The molecule has 0 unspecified atom stereocenters. The van der Waals surface area contributed by atoms with Crippen molar-refractivity contribution in [3.63, 3.8) is 0 Å². The highest BCUT2D eigenvalue weighted by atomic mass is 32.1. The van der Waals surface area contributed by atoms with Gasteiger partial charge < -0.3 is 4.74 Å². The van der Waals surface area contributed by atoms with E-state index < -0.39 is 0 Å². The lowest BCUT2D eigenvalue weighted by Crippen LogP contribution is -2.04. The molecule has 0 bridgehead atoms. The number of rotatable bonds is 2. The summed E-state index contributed by atoms with van der Waals surface area (Å²) in [5.41, 5.74) is 3.51. The van der Waals surface area contributed by atoms with Crippen molar-refractivity contribution in [2.24, 2.45) is 0 Å². The first-order valence-corrected chi connectivity index (χ1v) is 6.05. The number of carbonyl (C=O) groups excluding carboxylic acids is 1. The van der Waals surface area contributed by atoms with Crippen LogP contribution in [0, 0.1) is 6.92 Å². The van der Waals surface area contributed by atoms with Gasteiger partial charge in [0, 0.05) is 4.90 Å². The third-order valence-electron chi connectivity index (χ3n) is 2.79. The zero-order chi connectivity index (χ0) is 13.1. The lowest BCUT2D eigenvalue weighted by atomic mass is 9.99. The number of carbonyl (C=O) groups is 1. The molecule has 3 heteroatoms. The van der Waals surface area contributed by atoms with Crippen LogP contribution in [-0.2, 0) is 4.74 Å². The number of hydrogen-bond acceptors (Lipinski definition) is 3. The van der Waals surface area contributed by atoms with Crippen molar-refractivity contribution in [3.8, 4) is 11.1 Å². The van der Waals surface area contributed by atoms with Gasteiger partial charge in [0.05, 0.1) is 12.7 Å². The van der Waals surface area contributed by atoms with Gasteiger partial charge in [0.2, 0.25) is 0 Å². The summed E-state index contributed by atoms with van der Waals surface area (Å²) < 4.78 is 4.82. The highest BCUT2D eigenvalue weighted by molar-refractivity contribution is 7.80. The summed E-state index contributed by atoms with van der Waals surface area (Å²) in [4.78, 5) is 12.4. The van der Waals surface area contributed by atoms with Crippen LogP contribution >= 0.6 is 12.6 Å². The Hall–Kier alpha value is -1.74. The van der Waals surface area contributed by atoms with Crippen molar-refractivity contribution in [1.29, 1.82) is 0 Å². The molecule has 0 radical (unpaired) electrons. The zero-order valence-corrected chi connectivity index (χ0v) is 11.2. The fraction of sp³-hybridized carbons (Fsp3) is 0.133. The molecule has 0 fully saturated rings.